The third-order valence-corrected chi connectivity index (χ3v) is 3.25. The summed E-state index contributed by atoms with van der Waals surface area (Å²) < 4.78 is 6.52. The van der Waals surface area contributed by atoms with E-state index in [0.717, 1.165) is 5.56 Å². The summed E-state index contributed by atoms with van der Waals surface area (Å²) in [6.45, 7) is 1.77. The Balaban J connectivity index is 1.65. The van der Waals surface area contributed by atoms with Crippen molar-refractivity contribution < 1.29 is 9.32 Å². The highest BCUT2D eigenvalue weighted by Gasteiger charge is 2.17. The number of benzene rings is 1. The summed E-state index contributed by atoms with van der Waals surface area (Å²) in [4.78, 5) is 16.2. The van der Waals surface area contributed by atoms with Crippen molar-refractivity contribution in [3.63, 3.8) is 0 Å². The summed E-state index contributed by atoms with van der Waals surface area (Å²) >= 11 is 5.84. The van der Waals surface area contributed by atoms with E-state index in [1.54, 1.807) is 31.2 Å². The Hall–Kier alpha value is -2.81. The standard InChI is InChI=1S/C13H12ClN7O2/c1-8(16-11(22)6-21-7-15-19-20-21)12-17-13(23-18-12)9-2-4-10(14)5-3-9/h2-5,7-8H,6H2,1H3,(H,16,22)/t8-/m1/s1. The second kappa shape index (κ2) is 6.53. The lowest BCUT2D eigenvalue weighted by molar-refractivity contribution is -0.122. The molecule has 2 heterocycles. The normalized spacial score (nSPS) is 12.1. The minimum absolute atomic E-state index is 0.0131. The lowest BCUT2D eigenvalue weighted by Gasteiger charge is -2.09. The van der Waals surface area contributed by atoms with Gasteiger partial charge in [-0.25, -0.2) is 4.68 Å². The van der Waals surface area contributed by atoms with Crippen molar-refractivity contribution in [2.75, 3.05) is 0 Å². The molecule has 9 nitrogen and oxygen atoms in total. The SMILES string of the molecule is C[C@@H](NC(=O)Cn1cnnn1)c1noc(-c2ccc(Cl)cc2)n1. The van der Waals surface area contributed by atoms with Gasteiger partial charge in [-0.3, -0.25) is 4.79 Å². The van der Waals surface area contributed by atoms with Gasteiger partial charge in [0, 0.05) is 10.6 Å². The first kappa shape index (κ1) is 15.1. The topological polar surface area (TPSA) is 112 Å². The van der Waals surface area contributed by atoms with Crippen LogP contribution in [0.3, 0.4) is 0 Å². The van der Waals surface area contributed by atoms with E-state index in [2.05, 4.69) is 31.0 Å². The quantitative estimate of drug-likeness (QED) is 0.747. The Morgan fingerprint density at radius 1 is 1.39 bits per heavy atom. The number of hydrogen-bond donors (Lipinski definition) is 1. The smallest absolute Gasteiger partial charge is 0.257 e. The molecule has 0 unspecified atom stereocenters. The molecule has 0 fully saturated rings. The maximum absolute atomic E-state index is 11.9. The lowest BCUT2D eigenvalue weighted by atomic mass is 10.2. The molecule has 0 bridgehead atoms. The van der Waals surface area contributed by atoms with Crippen molar-refractivity contribution in [1.82, 2.24) is 35.7 Å². The highest BCUT2D eigenvalue weighted by atomic mass is 35.5. The molecule has 0 radical (unpaired) electrons. The number of carbonyl (C=O) groups is 1. The van der Waals surface area contributed by atoms with Crippen LogP contribution in [-0.2, 0) is 11.3 Å². The number of nitrogens with zero attached hydrogens (tertiary/aromatic N) is 6. The average molecular weight is 334 g/mol. The van der Waals surface area contributed by atoms with Crippen molar-refractivity contribution in [3.8, 4) is 11.5 Å². The van der Waals surface area contributed by atoms with Crippen LogP contribution in [0.5, 0.6) is 0 Å². The molecule has 1 aromatic carbocycles. The summed E-state index contributed by atoms with van der Waals surface area (Å²) in [5, 5.41) is 17.8. The van der Waals surface area contributed by atoms with Crippen LogP contribution >= 0.6 is 11.6 Å². The molecule has 10 heteroatoms. The monoisotopic (exact) mass is 333 g/mol. The Kier molecular flexibility index (Phi) is 4.29. The van der Waals surface area contributed by atoms with Crippen molar-refractivity contribution in [2.24, 2.45) is 0 Å². The number of amides is 1. The summed E-state index contributed by atoms with van der Waals surface area (Å²) in [6, 6.07) is 6.61. The van der Waals surface area contributed by atoms with Gasteiger partial charge in [-0.15, -0.1) is 5.10 Å². The van der Waals surface area contributed by atoms with Gasteiger partial charge < -0.3 is 9.84 Å². The largest absolute Gasteiger partial charge is 0.345 e. The molecule has 0 aliphatic heterocycles. The predicted molar refractivity (Wildman–Crippen MR) is 79.1 cm³/mol. The van der Waals surface area contributed by atoms with Gasteiger partial charge in [0.25, 0.3) is 5.89 Å². The summed E-state index contributed by atoms with van der Waals surface area (Å²) in [5.41, 5.74) is 0.750. The number of tetrazole rings is 1. The van der Waals surface area contributed by atoms with E-state index < -0.39 is 6.04 Å². The summed E-state index contributed by atoms with van der Waals surface area (Å²) in [5.74, 6) is 0.473. The van der Waals surface area contributed by atoms with Crippen LogP contribution in [0, 0.1) is 0 Å². The molecular weight excluding hydrogens is 322 g/mol. The fourth-order valence-electron chi connectivity index (χ4n) is 1.87. The molecule has 0 aliphatic carbocycles. The van der Waals surface area contributed by atoms with E-state index in [1.807, 2.05) is 0 Å². The first-order chi connectivity index (χ1) is 11.1. The van der Waals surface area contributed by atoms with Crippen molar-refractivity contribution in [2.45, 2.75) is 19.5 Å². The zero-order valence-electron chi connectivity index (χ0n) is 12.0. The van der Waals surface area contributed by atoms with E-state index in [4.69, 9.17) is 16.1 Å². The van der Waals surface area contributed by atoms with E-state index in [0.29, 0.717) is 16.7 Å². The Bertz CT molecular complexity index is 785. The minimum atomic E-state index is -0.413. The molecule has 0 spiro atoms. The van der Waals surface area contributed by atoms with Crippen molar-refractivity contribution in [1.29, 1.82) is 0 Å². The van der Waals surface area contributed by atoms with E-state index in [-0.39, 0.29) is 12.5 Å². The zero-order chi connectivity index (χ0) is 16.2. The lowest BCUT2D eigenvalue weighted by Crippen LogP contribution is -2.30. The van der Waals surface area contributed by atoms with Gasteiger partial charge >= 0.3 is 0 Å². The number of rotatable bonds is 5. The summed E-state index contributed by atoms with van der Waals surface area (Å²) in [7, 11) is 0. The molecule has 23 heavy (non-hydrogen) atoms. The van der Waals surface area contributed by atoms with Crippen LogP contribution in [0.2, 0.25) is 5.02 Å². The molecule has 1 atom stereocenters. The third-order valence-electron chi connectivity index (χ3n) is 2.99. The van der Waals surface area contributed by atoms with Crippen molar-refractivity contribution in [3.05, 3.63) is 41.4 Å². The zero-order valence-corrected chi connectivity index (χ0v) is 12.8. The Morgan fingerprint density at radius 2 is 2.17 bits per heavy atom. The second-order valence-electron chi connectivity index (χ2n) is 4.76. The first-order valence-electron chi connectivity index (χ1n) is 6.71. The summed E-state index contributed by atoms with van der Waals surface area (Å²) in [6.07, 6.45) is 1.36. The van der Waals surface area contributed by atoms with Crippen LogP contribution < -0.4 is 5.32 Å². The van der Waals surface area contributed by atoms with Gasteiger partial charge in [0.15, 0.2) is 5.82 Å². The average Bonchev–Trinajstić information content (AvgIpc) is 3.19. The number of carbonyl (C=O) groups excluding carboxylic acids is 1. The van der Waals surface area contributed by atoms with Crippen molar-refractivity contribution >= 4 is 17.5 Å². The van der Waals surface area contributed by atoms with Gasteiger partial charge in [0.2, 0.25) is 5.91 Å². The van der Waals surface area contributed by atoms with Gasteiger partial charge in [-0.1, -0.05) is 16.8 Å². The molecular formula is C13H12ClN7O2. The molecule has 1 N–H and O–H groups in total. The maximum atomic E-state index is 11.9. The van der Waals surface area contributed by atoms with Gasteiger partial charge in [-0.05, 0) is 41.6 Å². The maximum Gasteiger partial charge on any atom is 0.257 e. The predicted octanol–water partition coefficient (Wildman–Crippen LogP) is 1.25. The first-order valence-corrected chi connectivity index (χ1v) is 7.09. The van der Waals surface area contributed by atoms with Gasteiger partial charge in [-0.2, -0.15) is 4.98 Å². The highest BCUT2D eigenvalue weighted by molar-refractivity contribution is 6.30. The minimum Gasteiger partial charge on any atom is -0.345 e. The Labute approximate surface area is 135 Å². The molecule has 3 rings (SSSR count). The fraction of sp³-hybridized carbons (Fsp3) is 0.231. The van der Waals surface area contributed by atoms with Crippen LogP contribution in [0.25, 0.3) is 11.5 Å². The number of nitrogens with one attached hydrogen (secondary N) is 1. The third kappa shape index (κ3) is 3.69. The second-order valence-corrected chi connectivity index (χ2v) is 5.20. The number of aromatic nitrogens is 6. The van der Waals surface area contributed by atoms with Gasteiger partial charge in [0.05, 0.1) is 6.04 Å². The van der Waals surface area contributed by atoms with Crippen LogP contribution in [0.15, 0.2) is 35.1 Å². The molecule has 3 aromatic rings. The van der Waals surface area contributed by atoms with E-state index in [9.17, 15) is 4.79 Å². The molecule has 0 saturated carbocycles. The molecule has 0 saturated heterocycles. The molecule has 1 amide bonds. The molecule has 118 valence electrons. The molecule has 0 aliphatic rings. The van der Waals surface area contributed by atoms with Crippen LogP contribution in [0.1, 0.15) is 18.8 Å². The van der Waals surface area contributed by atoms with E-state index >= 15 is 0 Å². The highest BCUT2D eigenvalue weighted by Crippen LogP contribution is 2.21. The number of hydrogen-bond acceptors (Lipinski definition) is 7. The van der Waals surface area contributed by atoms with Crippen LogP contribution in [-0.4, -0.2) is 36.3 Å². The van der Waals surface area contributed by atoms with Crippen LogP contribution in [0.4, 0.5) is 0 Å². The van der Waals surface area contributed by atoms with E-state index in [1.165, 1.54) is 11.0 Å². The fourth-order valence-corrected chi connectivity index (χ4v) is 2.00. The molecule has 2 aromatic heterocycles. The Morgan fingerprint density at radius 3 is 2.87 bits per heavy atom. The number of halogens is 1. The van der Waals surface area contributed by atoms with Gasteiger partial charge in [0.1, 0.15) is 12.9 Å².